The Balaban J connectivity index is 2.68. The molecule has 1 aliphatic rings. The zero-order valence-corrected chi connectivity index (χ0v) is 9.64. The molecule has 0 amide bonds. The molecule has 0 aromatic heterocycles. The van der Waals surface area contributed by atoms with E-state index in [1.54, 1.807) is 6.92 Å². The van der Waals surface area contributed by atoms with Gasteiger partial charge in [0, 0.05) is 20.0 Å². The van der Waals surface area contributed by atoms with E-state index in [2.05, 4.69) is 0 Å². The fourth-order valence-electron chi connectivity index (χ4n) is 1.70. The van der Waals surface area contributed by atoms with Crippen LogP contribution in [-0.2, 0) is 19.1 Å². The smallest absolute Gasteiger partial charge is 0.308 e. The second kappa shape index (κ2) is 5.96. The van der Waals surface area contributed by atoms with E-state index in [0.717, 1.165) is 0 Å². The first-order valence-electron chi connectivity index (χ1n) is 5.45. The van der Waals surface area contributed by atoms with Crippen molar-refractivity contribution in [1.82, 2.24) is 0 Å². The van der Waals surface area contributed by atoms with E-state index in [9.17, 15) is 14.7 Å². The van der Waals surface area contributed by atoms with Gasteiger partial charge in [0.1, 0.15) is 5.78 Å². The van der Waals surface area contributed by atoms with Gasteiger partial charge in [-0.1, -0.05) is 0 Å². The maximum atomic E-state index is 11.5. The van der Waals surface area contributed by atoms with Crippen LogP contribution in [0.3, 0.4) is 0 Å². The van der Waals surface area contributed by atoms with Gasteiger partial charge >= 0.3 is 5.97 Å². The summed E-state index contributed by atoms with van der Waals surface area (Å²) in [6.45, 7) is 1.74. The van der Waals surface area contributed by atoms with E-state index in [-0.39, 0.29) is 24.7 Å². The predicted octanol–water partition coefficient (Wildman–Crippen LogP) is 0.437. The second-order valence-electron chi connectivity index (χ2n) is 4.13. The van der Waals surface area contributed by atoms with Crippen LogP contribution in [0, 0.1) is 0 Å². The summed E-state index contributed by atoms with van der Waals surface area (Å²) in [6.07, 6.45) is -0.978. The highest BCUT2D eigenvalue weighted by Gasteiger charge is 2.27. The van der Waals surface area contributed by atoms with Crippen LogP contribution in [0.5, 0.6) is 0 Å². The molecule has 92 valence electrons. The monoisotopic (exact) mass is 230 g/mol. The van der Waals surface area contributed by atoms with Crippen LogP contribution in [0.25, 0.3) is 0 Å². The largest absolute Gasteiger partial charge is 0.463 e. The standard InChI is InChI=1S/C11H18O5/c1-7-3-4-8(12)5-10(15-2)9(13)6-11(14)16-7/h7,9-10,13H,3-6H2,1-2H3/t7-,9+,10-/m1/s1. The molecule has 16 heavy (non-hydrogen) atoms. The fourth-order valence-corrected chi connectivity index (χ4v) is 1.70. The third kappa shape index (κ3) is 3.90. The van der Waals surface area contributed by atoms with Crippen molar-refractivity contribution in [2.24, 2.45) is 0 Å². The lowest BCUT2D eigenvalue weighted by Gasteiger charge is -2.23. The minimum atomic E-state index is -0.980. The van der Waals surface area contributed by atoms with E-state index in [0.29, 0.717) is 12.8 Å². The summed E-state index contributed by atoms with van der Waals surface area (Å²) < 4.78 is 10.0. The van der Waals surface area contributed by atoms with Gasteiger partial charge < -0.3 is 14.6 Å². The van der Waals surface area contributed by atoms with Gasteiger partial charge in [0.15, 0.2) is 0 Å². The third-order valence-corrected chi connectivity index (χ3v) is 2.70. The molecule has 0 aromatic carbocycles. The maximum absolute atomic E-state index is 11.5. The number of esters is 1. The molecule has 0 aliphatic carbocycles. The van der Waals surface area contributed by atoms with Gasteiger partial charge in [0.05, 0.1) is 24.7 Å². The molecule has 1 N–H and O–H groups in total. The van der Waals surface area contributed by atoms with Crippen molar-refractivity contribution >= 4 is 11.8 Å². The van der Waals surface area contributed by atoms with Crippen LogP contribution in [0.4, 0.5) is 0 Å². The first-order chi connectivity index (χ1) is 7.52. The quantitative estimate of drug-likeness (QED) is 0.661. The summed E-state index contributed by atoms with van der Waals surface area (Å²) in [5.74, 6) is -0.424. The molecular weight excluding hydrogens is 212 g/mol. The number of ether oxygens (including phenoxy) is 2. The van der Waals surface area contributed by atoms with Crippen LogP contribution in [0.1, 0.15) is 32.6 Å². The number of cyclic esters (lactones) is 1. The molecule has 0 spiro atoms. The minimum Gasteiger partial charge on any atom is -0.463 e. The molecule has 1 saturated heterocycles. The normalized spacial score (nSPS) is 33.3. The molecule has 5 nitrogen and oxygen atoms in total. The van der Waals surface area contributed by atoms with Gasteiger partial charge in [-0.25, -0.2) is 0 Å². The molecular formula is C11H18O5. The van der Waals surface area contributed by atoms with Crippen molar-refractivity contribution < 1.29 is 24.2 Å². The number of carbonyl (C=O) groups is 2. The molecule has 0 unspecified atom stereocenters. The van der Waals surface area contributed by atoms with Gasteiger partial charge in [-0.3, -0.25) is 9.59 Å². The predicted molar refractivity (Wildman–Crippen MR) is 55.8 cm³/mol. The Morgan fingerprint density at radius 1 is 1.38 bits per heavy atom. The summed E-state index contributed by atoms with van der Waals surface area (Å²) in [6, 6.07) is 0. The summed E-state index contributed by atoms with van der Waals surface area (Å²) in [5.41, 5.74) is 0. The Hall–Kier alpha value is -0.940. The summed E-state index contributed by atoms with van der Waals surface area (Å²) in [5, 5.41) is 9.69. The highest BCUT2D eigenvalue weighted by Crippen LogP contribution is 2.15. The van der Waals surface area contributed by atoms with Crippen molar-refractivity contribution in [3.8, 4) is 0 Å². The second-order valence-corrected chi connectivity index (χ2v) is 4.13. The van der Waals surface area contributed by atoms with Crippen molar-refractivity contribution in [3.63, 3.8) is 0 Å². The summed E-state index contributed by atoms with van der Waals surface area (Å²) >= 11 is 0. The van der Waals surface area contributed by atoms with Gasteiger partial charge in [0.25, 0.3) is 0 Å². The Morgan fingerprint density at radius 2 is 2.06 bits per heavy atom. The first kappa shape index (κ1) is 13.1. The van der Waals surface area contributed by atoms with E-state index in [4.69, 9.17) is 9.47 Å². The average molecular weight is 230 g/mol. The topological polar surface area (TPSA) is 72.8 Å². The molecule has 1 aliphatic heterocycles. The molecule has 0 saturated carbocycles. The molecule has 1 rings (SSSR count). The number of carbonyl (C=O) groups excluding carboxylic acids is 2. The Bertz CT molecular complexity index is 263. The van der Waals surface area contributed by atoms with Gasteiger partial charge in [0.2, 0.25) is 0 Å². The van der Waals surface area contributed by atoms with Gasteiger partial charge in [-0.2, -0.15) is 0 Å². The van der Waals surface area contributed by atoms with Gasteiger partial charge in [-0.05, 0) is 13.3 Å². The van der Waals surface area contributed by atoms with Crippen LogP contribution in [0.15, 0.2) is 0 Å². The number of ketones is 1. The Labute approximate surface area is 94.7 Å². The lowest BCUT2D eigenvalue weighted by Crippen LogP contribution is -2.35. The van der Waals surface area contributed by atoms with E-state index in [1.165, 1.54) is 7.11 Å². The molecule has 3 atom stereocenters. The van der Waals surface area contributed by atoms with Crippen LogP contribution >= 0.6 is 0 Å². The van der Waals surface area contributed by atoms with Crippen LogP contribution in [0.2, 0.25) is 0 Å². The SMILES string of the molecule is CO[C@@H]1CC(=O)CC[C@@H](C)OC(=O)C[C@@H]1O. The molecule has 0 bridgehead atoms. The fraction of sp³-hybridized carbons (Fsp3) is 0.818. The summed E-state index contributed by atoms with van der Waals surface area (Å²) in [7, 11) is 1.42. The maximum Gasteiger partial charge on any atom is 0.308 e. The minimum absolute atomic E-state index is 0.0238. The van der Waals surface area contributed by atoms with E-state index in [1.807, 2.05) is 0 Å². The van der Waals surface area contributed by atoms with Crippen LogP contribution < -0.4 is 0 Å². The Morgan fingerprint density at radius 3 is 2.69 bits per heavy atom. The van der Waals surface area contributed by atoms with Crippen molar-refractivity contribution in [1.29, 1.82) is 0 Å². The number of aliphatic hydroxyl groups is 1. The zero-order valence-electron chi connectivity index (χ0n) is 9.64. The number of Topliss-reactive ketones (excluding diaryl/α,β-unsaturated/α-hetero) is 1. The molecule has 1 heterocycles. The Kier molecular flexibility index (Phi) is 4.89. The lowest BCUT2D eigenvalue weighted by molar-refractivity contribution is -0.155. The lowest BCUT2D eigenvalue weighted by atomic mass is 10.0. The highest BCUT2D eigenvalue weighted by molar-refractivity contribution is 5.79. The number of hydrogen-bond donors (Lipinski definition) is 1. The molecule has 0 aromatic rings. The average Bonchev–Trinajstić information content (AvgIpc) is 2.21. The summed E-state index contributed by atoms with van der Waals surface area (Å²) in [4.78, 5) is 22.9. The number of methoxy groups -OCH3 is 1. The molecule has 1 fully saturated rings. The van der Waals surface area contributed by atoms with Crippen LogP contribution in [-0.4, -0.2) is 42.3 Å². The van der Waals surface area contributed by atoms with Crippen molar-refractivity contribution in [2.75, 3.05) is 7.11 Å². The van der Waals surface area contributed by atoms with Crippen molar-refractivity contribution in [3.05, 3.63) is 0 Å². The van der Waals surface area contributed by atoms with Crippen molar-refractivity contribution in [2.45, 2.75) is 50.9 Å². The number of hydrogen-bond acceptors (Lipinski definition) is 5. The zero-order chi connectivity index (χ0) is 12.1. The number of aliphatic hydroxyl groups excluding tert-OH is 1. The van der Waals surface area contributed by atoms with E-state index < -0.39 is 18.2 Å². The molecule has 5 heteroatoms. The third-order valence-electron chi connectivity index (χ3n) is 2.70. The number of rotatable bonds is 1. The van der Waals surface area contributed by atoms with E-state index >= 15 is 0 Å². The highest BCUT2D eigenvalue weighted by atomic mass is 16.5. The first-order valence-corrected chi connectivity index (χ1v) is 5.45. The molecule has 0 radical (unpaired) electrons. The van der Waals surface area contributed by atoms with Gasteiger partial charge in [-0.15, -0.1) is 0 Å².